The van der Waals surface area contributed by atoms with Gasteiger partial charge in [-0.15, -0.1) is 10.2 Å². The molecule has 0 unspecified atom stereocenters. The number of carbonyl (C=O) groups is 1. The van der Waals surface area contributed by atoms with E-state index >= 15 is 0 Å². The number of carbonyl (C=O) groups excluding carboxylic acids is 1. The number of anilines is 1. The second kappa shape index (κ2) is 8.52. The molecule has 0 radical (unpaired) electrons. The Kier molecular flexibility index (Phi) is 5.90. The lowest BCUT2D eigenvalue weighted by Crippen LogP contribution is -2.26. The van der Waals surface area contributed by atoms with Gasteiger partial charge in [-0.25, -0.2) is 0 Å². The molecule has 0 aliphatic carbocycles. The van der Waals surface area contributed by atoms with Crippen LogP contribution in [0, 0.1) is 0 Å². The predicted molar refractivity (Wildman–Crippen MR) is 101 cm³/mol. The number of thioether (sulfide) groups is 1. The molecular weight excluding hydrogens is 352 g/mol. The number of methoxy groups -OCH3 is 1. The molecule has 0 bridgehead atoms. The molecular formula is C17H20N6O2S. The van der Waals surface area contributed by atoms with E-state index in [1.807, 2.05) is 35.3 Å². The van der Waals surface area contributed by atoms with E-state index in [0.29, 0.717) is 22.8 Å². The van der Waals surface area contributed by atoms with E-state index in [2.05, 4.69) is 25.9 Å². The van der Waals surface area contributed by atoms with E-state index in [1.165, 1.54) is 0 Å². The Hall–Kier alpha value is -2.81. The number of aromatic amines is 1. The highest BCUT2D eigenvalue weighted by molar-refractivity contribution is 7.98. The smallest absolute Gasteiger partial charge is 0.247 e. The van der Waals surface area contributed by atoms with Gasteiger partial charge in [-0.05, 0) is 54.0 Å². The molecule has 9 heteroatoms. The standard InChI is InChI=1S/C17H20N6O2S/c1-25-15-6-5-12(11-13(15)16-19-21-22-20-16)18-17(24)14(7-10-26-2)23-8-3-4-9-23/h3-6,8-9,11,14H,7,10H2,1-2H3,(H,18,24)(H,19,20,21,22)/t14-/m0/s1. The summed E-state index contributed by atoms with van der Waals surface area (Å²) in [4.78, 5) is 12.8. The van der Waals surface area contributed by atoms with Crippen molar-refractivity contribution in [1.29, 1.82) is 0 Å². The van der Waals surface area contributed by atoms with Crippen LogP contribution in [0.3, 0.4) is 0 Å². The first-order valence-electron chi connectivity index (χ1n) is 8.07. The zero-order valence-electron chi connectivity index (χ0n) is 14.5. The van der Waals surface area contributed by atoms with Gasteiger partial charge in [0, 0.05) is 18.1 Å². The molecule has 1 aromatic carbocycles. The van der Waals surface area contributed by atoms with Gasteiger partial charge in [0.2, 0.25) is 11.7 Å². The fraction of sp³-hybridized carbons (Fsp3) is 0.294. The highest BCUT2D eigenvalue weighted by atomic mass is 32.2. The number of ether oxygens (including phenoxy) is 1. The second-order valence-corrected chi connectivity index (χ2v) is 6.55. The maximum Gasteiger partial charge on any atom is 0.247 e. The van der Waals surface area contributed by atoms with Crippen LogP contribution < -0.4 is 10.1 Å². The van der Waals surface area contributed by atoms with E-state index in [9.17, 15) is 4.79 Å². The predicted octanol–water partition coefficient (Wildman–Crippen LogP) is 2.61. The van der Waals surface area contributed by atoms with Gasteiger partial charge in [0.25, 0.3) is 0 Å². The van der Waals surface area contributed by atoms with Crippen LogP contribution in [-0.4, -0.2) is 50.2 Å². The molecule has 136 valence electrons. The van der Waals surface area contributed by atoms with E-state index in [4.69, 9.17) is 4.74 Å². The maximum absolute atomic E-state index is 12.8. The molecule has 2 heterocycles. The highest BCUT2D eigenvalue weighted by Crippen LogP contribution is 2.30. The van der Waals surface area contributed by atoms with E-state index in [-0.39, 0.29) is 11.9 Å². The van der Waals surface area contributed by atoms with E-state index in [1.54, 1.807) is 37.1 Å². The number of aromatic nitrogens is 5. The Morgan fingerprint density at radius 1 is 1.38 bits per heavy atom. The van der Waals surface area contributed by atoms with E-state index in [0.717, 1.165) is 12.2 Å². The first kappa shape index (κ1) is 18.0. The summed E-state index contributed by atoms with van der Waals surface area (Å²) in [7, 11) is 1.57. The van der Waals surface area contributed by atoms with Crippen molar-refractivity contribution in [3.05, 3.63) is 42.7 Å². The van der Waals surface area contributed by atoms with Crippen molar-refractivity contribution < 1.29 is 9.53 Å². The van der Waals surface area contributed by atoms with Crippen LogP contribution in [0.2, 0.25) is 0 Å². The highest BCUT2D eigenvalue weighted by Gasteiger charge is 2.20. The molecule has 0 aliphatic rings. The zero-order valence-corrected chi connectivity index (χ0v) is 15.4. The van der Waals surface area contributed by atoms with Gasteiger partial charge in [0.15, 0.2) is 0 Å². The molecule has 0 aliphatic heterocycles. The minimum Gasteiger partial charge on any atom is -0.496 e. The minimum atomic E-state index is -0.270. The molecule has 0 saturated carbocycles. The molecule has 2 aromatic heterocycles. The van der Waals surface area contributed by atoms with E-state index < -0.39 is 0 Å². The number of nitrogens with zero attached hydrogens (tertiary/aromatic N) is 4. The van der Waals surface area contributed by atoms with Crippen molar-refractivity contribution in [3.63, 3.8) is 0 Å². The summed E-state index contributed by atoms with van der Waals surface area (Å²) in [5.41, 5.74) is 1.30. The Morgan fingerprint density at radius 3 is 2.85 bits per heavy atom. The van der Waals surface area contributed by atoms with Crippen LogP contribution in [0.25, 0.3) is 11.4 Å². The Balaban J connectivity index is 1.83. The molecule has 2 N–H and O–H groups in total. The number of amides is 1. The third-order valence-corrected chi connectivity index (χ3v) is 4.58. The van der Waals surface area contributed by atoms with Gasteiger partial charge in [0.05, 0.1) is 12.7 Å². The number of hydrogen-bond acceptors (Lipinski definition) is 6. The van der Waals surface area contributed by atoms with Gasteiger partial charge in [-0.3, -0.25) is 4.79 Å². The molecule has 0 fully saturated rings. The monoisotopic (exact) mass is 372 g/mol. The molecule has 1 amide bonds. The van der Waals surface area contributed by atoms with Crippen molar-refractivity contribution >= 4 is 23.4 Å². The molecule has 3 aromatic rings. The summed E-state index contributed by atoms with van der Waals surface area (Å²) >= 11 is 1.72. The number of rotatable bonds is 8. The normalized spacial score (nSPS) is 11.9. The molecule has 0 spiro atoms. The van der Waals surface area contributed by atoms with Crippen molar-refractivity contribution in [3.8, 4) is 17.1 Å². The van der Waals surface area contributed by atoms with Crippen LogP contribution in [-0.2, 0) is 4.79 Å². The Labute approximate surface area is 155 Å². The summed E-state index contributed by atoms with van der Waals surface area (Å²) in [6.07, 6.45) is 6.59. The van der Waals surface area contributed by atoms with Crippen molar-refractivity contribution in [2.24, 2.45) is 0 Å². The van der Waals surface area contributed by atoms with Crippen LogP contribution in [0.15, 0.2) is 42.7 Å². The average molecular weight is 372 g/mol. The van der Waals surface area contributed by atoms with Crippen LogP contribution in [0.1, 0.15) is 12.5 Å². The number of benzene rings is 1. The number of tetrazole rings is 1. The van der Waals surface area contributed by atoms with Gasteiger partial charge in [0.1, 0.15) is 11.8 Å². The van der Waals surface area contributed by atoms with Gasteiger partial charge >= 0.3 is 0 Å². The first-order chi connectivity index (χ1) is 12.7. The van der Waals surface area contributed by atoms with Gasteiger partial charge in [-0.2, -0.15) is 17.0 Å². The summed E-state index contributed by atoms with van der Waals surface area (Å²) in [5.74, 6) is 1.84. The average Bonchev–Trinajstić information content (AvgIpc) is 3.36. The molecule has 26 heavy (non-hydrogen) atoms. The Bertz CT molecular complexity index is 835. The summed E-state index contributed by atoms with van der Waals surface area (Å²) in [6, 6.07) is 8.91. The fourth-order valence-electron chi connectivity index (χ4n) is 2.66. The van der Waals surface area contributed by atoms with Gasteiger partial charge < -0.3 is 14.6 Å². The lowest BCUT2D eigenvalue weighted by molar-refractivity contribution is -0.119. The summed E-state index contributed by atoms with van der Waals surface area (Å²) in [5, 5.41) is 16.9. The van der Waals surface area contributed by atoms with Crippen molar-refractivity contribution in [2.45, 2.75) is 12.5 Å². The van der Waals surface area contributed by atoms with Crippen molar-refractivity contribution in [2.75, 3.05) is 24.4 Å². The second-order valence-electron chi connectivity index (χ2n) is 5.57. The van der Waals surface area contributed by atoms with Crippen LogP contribution >= 0.6 is 11.8 Å². The Morgan fingerprint density at radius 2 is 2.19 bits per heavy atom. The summed E-state index contributed by atoms with van der Waals surface area (Å²) in [6.45, 7) is 0. The zero-order chi connectivity index (χ0) is 18.4. The van der Waals surface area contributed by atoms with Gasteiger partial charge in [-0.1, -0.05) is 0 Å². The third-order valence-electron chi connectivity index (χ3n) is 3.94. The fourth-order valence-corrected chi connectivity index (χ4v) is 3.12. The molecule has 3 rings (SSSR count). The quantitative estimate of drug-likeness (QED) is 0.631. The minimum absolute atomic E-state index is 0.0699. The number of H-pyrrole nitrogens is 1. The van der Waals surface area contributed by atoms with Crippen LogP contribution in [0.4, 0.5) is 5.69 Å². The third kappa shape index (κ3) is 4.05. The maximum atomic E-state index is 12.8. The lowest BCUT2D eigenvalue weighted by atomic mass is 10.1. The SMILES string of the molecule is COc1ccc(NC(=O)[C@H](CCSC)n2cccc2)cc1-c1nn[nH]n1. The molecule has 8 nitrogen and oxygen atoms in total. The number of nitrogens with one attached hydrogen (secondary N) is 2. The van der Waals surface area contributed by atoms with Crippen molar-refractivity contribution in [1.82, 2.24) is 25.2 Å². The first-order valence-corrected chi connectivity index (χ1v) is 9.46. The lowest BCUT2D eigenvalue weighted by Gasteiger charge is -2.19. The molecule has 1 atom stereocenters. The molecule has 0 saturated heterocycles. The largest absolute Gasteiger partial charge is 0.496 e. The number of hydrogen-bond donors (Lipinski definition) is 2. The summed E-state index contributed by atoms with van der Waals surface area (Å²) < 4.78 is 7.27. The van der Waals surface area contributed by atoms with Crippen LogP contribution in [0.5, 0.6) is 5.75 Å². The topological polar surface area (TPSA) is 97.7 Å².